The van der Waals surface area contributed by atoms with Gasteiger partial charge < -0.3 is 14.8 Å². The van der Waals surface area contributed by atoms with Crippen LogP contribution in [0.5, 0.6) is 5.75 Å². The number of methoxy groups -OCH3 is 1. The van der Waals surface area contributed by atoms with Gasteiger partial charge in [-0.25, -0.2) is 0 Å². The first-order valence-electron chi connectivity index (χ1n) is 6.14. The summed E-state index contributed by atoms with van der Waals surface area (Å²) in [6, 6.07) is 8.24. The van der Waals surface area contributed by atoms with Crippen molar-refractivity contribution >= 4 is 0 Å². The first-order chi connectivity index (χ1) is 8.29. The Hall–Kier alpha value is -1.06. The van der Waals surface area contributed by atoms with Gasteiger partial charge in [-0.2, -0.15) is 0 Å². The molecule has 1 unspecified atom stereocenters. The first kappa shape index (κ1) is 14.0. The van der Waals surface area contributed by atoms with Gasteiger partial charge in [0.15, 0.2) is 0 Å². The first-order valence-corrected chi connectivity index (χ1v) is 6.14. The second-order valence-corrected chi connectivity index (χ2v) is 4.17. The maximum Gasteiger partial charge on any atom is 0.122 e. The summed E-state index contributed by atoms with van der Waals surface area (Å²) in [5.74, 6) is 1.48. The Morgan fingerprint density at radius 1 is 1.24 bits per heavy atom. The highest BCUT2D eigenvalue weighted by Gasteiger charge is 2.10. The Labute approximate surface area is 104 Å². The van der Waals surface area contributed by atoms with Crippen molar-refractivity contribution in [1.82, 2.24) is 5.32 Å². The molecule has 96 valence electrons. The van der Waals surface area contributed by atoms with Crippen LogP contribution in [0, 0.1) is 0 Å². The molecule has 0 spiro atoms. The van der Waals surface area contributed by atoms with Crippen LogP contribution in [0.15, 0.2) is 24.3 Å². The Morgan fingerprint density at radius 3 is 2.71 bits per heavy atom. The molecule has 0 aliphatic rings. The van der Waals surface area contributed by atoms with Crippen molar-refractivity contribution in [3.8, 4) is 5.75 Å². The van der Waals surface area contributed by atoms with Gasteiger partial charge in [-0.3, -0.25) is 0 Å². The fourth-order valence-electron chi connectivity index (χ4n) is 1.77. The molecular weight excluding hydrogens is 214 g/mol. The van der Waals surface area contributed by atoms with Crippen molar-refractivity contribution in [2.75, 3.05) is 33.9 Å². The molecule has 0 bridgehead atoms. The molecule has 1 rings (SSSR count). The zero-order valence-corrected chi connectivity index (χ0v) is 11.0. The van der Waals surface area contributed by atoms with Gasteiger partial charge in [0.2, 0.25) is 0 Å². The molecular formula is C14H23NO2. The van der Waals surface area contributed by atoms with E-state index in [1.807, 2.05) is 19.2 Å². The predicted octanol–water partition coefficient (Wildman–Crippen LogP) is 2.42. The van der Waals surface area contributed by atoms with E-state index in [1.54, 1.807) is 7.11 Å². The van der Waals surface area contributed by atoms with Gasteiger partial charge in [-0.05, 0) is 37.6 Å². The van der Waals surface area contributed by atoms with Gasteiger partial charge in [0.05, 0.1) is 6.61 Å². The average molecular weight is 237 g/mol. The van der Waals surface area contributed by atoms with Crippen molar-refractivity contribution in [3.63, 3.8) is 0 Å². The molecule has 3 nitrogen and oxygen atoms in total. The minimum atomic E-state index is 0.501. The summed E-state index contributed by atoms with van der Waals surface area (Å²) >= 11 is 0. The van der Waals surface area contributed by atoms with Gasteiger partial charge in [0.25, 0.3) is 0 Å². The SMILES string of the molecule is CNCCC(C)c1ccccc1OCCOC. The van der Waals surface area contributed by atoms with E-state index in [0.717, 1.165) is 18.7 Å². The second kappa shape index (κ2) is 8.09. The normalized spacial score (nSPS) is 12.4. The molecule has 1 aromatic carbocycles. The highest BCUT2D eigenvalue weighted by molar-refractivity contribution is 5.35. The number of para-hydroxylation sites is 1. The molecule has 1 atom stereocenters. The highest BCUT2D eigenvalue weighted by Crippen LogP contribution is 2.28. The van der Waals surface area contributed by atoms with Crippen molar-refractivity contribution in [2.45, 2.75) is 19.3 Å². The van der Waals surface area contributed by atoms with E-state index in [4.69, 9.17) is 9.47 Å². The number of nitrogens with one attached hydrogen (secondary N) is 1. The second-order valence-electron chi connectivity index (χ2n) is 4.17. The van der Waals surface area contributed by atoms with Gasteiger partial charge in [-0.1, -0.05) is 25.1 Å². The Morgan fingerprint density at radius 2 is 2.00 bits per heavy atom. The monoisotopic (exact) mass is 237 g/mol. The smallest absolute Gasteiger partial charge is 0.122 e. The fourth-order valence-corrected chi connectivity index (χ4v) is 1.77. The summed E-state index contributed by atoms with van der Waals surface area (Å²) in [5, 5.41) is 3.18. The van der Waals surface area contributed by atoms with Crippen molar-refractivity contribution in [1.29, 1.82) is 0 Å². The molecule has 0 amide bonds. The van der Waals surface area contributed by atoms with Gasteiger partial charge in [0.1, 0.15) is 12.4 Å². The van der Waals surface area contributed by atoms with Gasteiger partial charge in [-0.15, -0.1) is 0 Å². The standard InChI is InChI=1S/C14H23NO2/c1-12(8-9-15-2)13-6-4-5-7-14(13)17-11-10-16-3/h4-7,12,15H,8-11H2,1-3H3. The number of hydrogen-bond acceptors (Lipinski definition) is 3. The molecule has 0 aromatic heterocycles. The largest absolute Gasteiger partial charge is 0.491 e. The molecule has 17 heavy (non-hydrogen) atoms. The molecule has 3 heteroatoms. The van der Waals surface area contributed by atoms with E-state index in [1.165, 1.54) is 5.56 Å². The van der Waals surface area contributed by atoms with Crippen LogP contribution in [0.25, 0.3) is 0 Å². The van der Waals surface area contributed by atoms with Crippen LogP contribution in [-0.2, 0) is 4.74 Å². The van der Waals surface area contributed by atoms with Crippen LogP contribution < -0.4 is 10.1 Å². The molecule has 0 radical (unpaired) electrons. The van der Waals surface area contributed by atoms with Crippen LogP contribution in [0.3, 0.4) is 0 Å². The lowest BCUT2D eigenvalue weighted by atomic mass is 9.97. The third kappa shape index (κ3) is 4.75. The van der Waals surface area contributed by atoms with Crippen LogP contribution in [0.1, 0.15) is 24.8 Å². The minimum Gasteiger partial charge on any atom is -0.491 e. The van der Waals surface area contributed by atoms with E-state index in [2.05, 4.69) is 24.4 Å². The third-order valence-corrected chi connectivity index (χ3v) is 2.82. The number of rotatable bonds is 8. The summed E-state index contributed by atoms with van der Waals surface area (Å²) in [6.45, 7) is 4.48. The Balaban J connectivity index is 2.62. The molecule has 0 fully saturated rings. The molecule has 0 saturated heterocycles. The van der Waals surface area contributed by atoms with E-state index in [0.29, 0.717) is 19.1 Å². The summed E-state index contributed by atoms with van der Waals surface area (Å²) in [6.07, 6.45) is 1.11. The lowest BCUT2D eigenvalue weighted by Crippen LogP contribution is -2.12. The van der Waals surface area contributed by atoms with E-state index >= 15 is 0 Å². The summed E-state index contributed by atoms with van der Waals surface area (Å²) < 4.78 is 10.7. The van der Waals surface area contributed by atoms with Gasteiger partial charge >= 0.3 is 0 Å². The highest BCUT2D eigenvalue weighted by atomic mass is 16.5. The number of hydrogen-bond donors (Lipinski definition) is 1. The predicted molar refractivity (Wildman–Crippen MR) is 70.8 cm³/mol. The molecule has 1 N–H and O–H groups in total. The summed E-state index contributed by atoms with van der Waals surface area (Å²) in [4.78, 5) is 0. The van der Waals surface area contributed by atoms with Crippen LogP contribution in [0.4, 0.5) is 0 Å². The maximum atomic E-state index is 5.73. The number of ether oxygens (including phenoxy) is 2. The van der Waals surface area contributed by atoms with Crippen LogP contribution >= 0.6 is 0 Å². The summed E-state index contributed by atoms with van der Waals surface area (Å²) in [7, 11) is 3.67. The quantitative estimate of drug-likeness (QED) is 0.704. The van der Waals surface area contributed by atoms with E-state index in [-0.39, 0.29) is 0 Å². The van der Waals surface area contributed by atoms with Crippen molar-refractivity contribution < 1.29 is 9.47 Å². The zero-order chi connectivity index (χ0) is 12.5. The lowest BCUT2D eigenvalue weighted by molar-refractivity contribution is 0.145. The Bertz CT molecular complexity index is 315. The fraction of sp³-hybridized carbons (Fsp3) is 0.571. The lowest BCUT2D eigenvalue weighted by Gasteiger charge is -2.16. The van der Waals surface area contributed by atoms with Crippen molar-refractivity contribution in [3.05, 3.63) is 29.8 Å². The molecule has 0 saturated carbocycles. The van der Waals surface area contributed by atoms with E-state index < -0.39 is 0 Å². The van der Waals surface area contributed by atoms with Crippen LogP contribution in [-0.4, -0.2) is 33.9 Å². The zero-order valence-electron chi connectivity index (χ0n) is 11.0. The van der Waals surface area contributed by atoms with E-state index in [9.17, 15) is 0 Å². The van der Waals surface area contributed by atoms with Gasteiger partial charge in [0, 0.05) is 7.11 Å². The molecule has 1 aromatic rings. The minimum absolute atomic E-state index is 0.501. The average Bonchev–Trinajstić information content (AvgIpc) is 2.37. The number of benzene rings is 1. The molecule has 0 heterocycles. The topological polar surface area (TPSA) is 30.5 Å². The maximum absolute atomic E-state index is 5.73. The molecule has 0 aliphatic heterocycles. The van der Waals surface area contributed by atoms with Crippen molar-refractivity contribution in [2.24, 2.45) is 0 Å². The summed E-state index contributed by atoms with van der Waals surface area (Å²) in [5.41, 5.74) is 1.28. The molecule has 0 aliphatic carbocycles. The Kier molecular flexibility index (Phi) is 6.67. The third-order valence-electron chi connectivity index (χ3n) is 2.82. The van der Waals surface area contributed by atoms with Crippen LogP contribution in [0.2, 0.25) is 0 Å².